The minimum Gasteiger partial charge on any atom is -0.493 e. The second-order valence-electron chi connectivity index (χ2n) is 5.65. The summed E-state index contributed by atoms with van der Waals surface area (Å²) in [5.41, 5.74) is 5.66. The van der Waals surface area contributed by atoms with Gasteiger partial charge in [-0.1, -0.05) is 0 Å². The average molecular weight is 341 g/mol. The van der Waals surface area contributed by atoms with Crippen LogP contribution in [0.5, 0.6) is 11.5 Å². The molecule has 1 amide bonds. The van der Waals surface area contributed by atoms with Gasteiger partial charge in [-0.15, -0.1) is 0 Å². The van der Waals surface area contributed by atoms with Crippen LogP contribution in [0.2, 0.25) is 0 Å². The molecule has 2 aromatic carbocycles. The molecule has 6 heteroatoms. The number of rotatable bonds is 6. The summed E-state index contributed by atoms with van der Waals surface area (Å²) >= 11 is 0. The third-order valence-corrected chi connectivity index (χ3v) is 3.77. The van der Waals surface area contributed by atoms with Gasteiger partial charge in [0.25, 0.3) is 5.91 Å². The fourth-order valence-electron chi connectivity index (χ4n) is 2.24. The molecular formula is C19H23N3O3. The van der Waals surface area contributed by atoms with Crippen LogP contribution in [0.3, 0.4) is 0 Å². The molecule has 0 atom stereocenters. The maximum atomic E-state index is 12.2. The number of carbonyl (C=O) groups is 1. The molecule has 0 bridgehead atoms. The van der Waals surface area contributed by atoms with Crippen LogP contribution >= 0.6 is 0 Å². The molecule has 0 fully saturated rings. The minimum atomic E-state index is -0.259. The fraction of sp³-hybridized carbons (Fsp3) is 0.263. The zero-order valence-electron chi connectivity index (χ0n) is 15.2. The van der Waals surface area contributed by atoms with Crippen molar-refractivity contribution < 1.29 is 14.3 Å². The van der Waals surface area contributed by atoms with Gasteiger partial charge in [0.2, 0.25) is 0 Å². The first kappa shape index (κ1) is 18.3. The number of hydrazone groups is 1. The first-order chi connectivity index (χ1) is 12.0. The quantitative estimate of drug-likeness (QED) is 0.648. The lowest BCUT2D eigenvalue weighted by molar-refractivity contribution is 0.0955. The van der Waals surface area contributed by atoms with Crippen molar-refractivity contribution in [3.8, 4) is 11.5 Å². The van der Waals surface area contributed by atoms with E-state index in [2.05, 4.69) is 10.5 Å². The summed E-state index contributed by atoms with van der Waals surface area (Å²) in [5, 5.41) is 4.17. The maximum absolute atomic E-state index is 12.2. The molecule has 0 aliphatic carbocycles. The van der Waals surface area contributed by atoms with Crippen molar-refractivity contribution in [1.29, 1.82) is 0 Å². The Morgan fingerprint density at radius 1 is 0.960 bits per heavy atom. The van der Waals surface area contributed by atoms with Gasteiger partial charge < -0.3 is 14.4 Å². The molecule has 0 spiro atoms. The molecule has 0 saturated heterocycles. The van der Waals surface area contributed by atoms with Crippen molar-refractivity contribution in [2.75, 3.05) is 33.2 Å². The summed E-state index contributed by atoms with van der Waals surface area (Å²) in [6.07, 6.45) is 0. The molecular weight excluding hydrogens is 318 g/mol. The van der Waals surface area contributed by atoms with Crippen LogP contribution in [0.15, 0.2) is 47.6 Å². The molecule has 0 aliphatic rings. The van der Waals surface area contributed by atoms with E-state index >= 15 is 0 Å². The lowest BCUT2D eigenvalue weighted by Crippen LogP contribution is -2.19. The fourth-order valence-corrected chi connectivity index (χ4v) is 2.24. The van der Waals surface area contributed by atoms with Crippen LogP contribution in [0.25, 0.3) is 0 Å². The van der Waals surface area contributed by atoms with Crippen molar-refractivity contribution in [2.24, 2.45) is 5.10 Å². The number of benzene rings is 2. The Hall–Kier alpha value is -3.02. The van der Waals surface area contributed by atoms with Crippen LogP contribution in [0.4, 0.5) is 5.69 Å². The van der Waals surface area contributed by atoms with Gasteiger partial charge in [-0.2, -0.15) is 5.10 Å². The number of carbonyl (C=O) groups excluding carboxylic acids is 1. The number of nitrogens with one attached hydrogen (secondary N) is 1. The number of methoxy groups -OCH3 is 2. The van der Waals surface area contributed by atoms with E-state index in [9.17, 15) is 4.79 Å². The van der Waals surface area contributed by atoms with Gasteiger partial charge in [-0.25, -0.2) is 5.43 Å². The highest BCUT2D eigenvalue weighted by Crippen LogP contribution is 2.27. The molecule has 0 aromatic heterocycles. The van der Waals surface area contributed by atoms with Crippen molar-refractivity contribution in [3.63, 3.8) is 0 Å². The van der Waals surface area contributed by atoms with Crippen LogP contribution in [0, 0.1) is 0 Å². The minimum absolute atomic E-state index is 0.259. The van der Waals surface area contributed by atoms with E-state index in [1.807, 2.05) is 50.2 Å². The average Bonchev–Trinajstić information content (AvgIpc) is 2.65. The Balaban J connectivity index is 2.11. The Morgan fingerprint density at radius 2 is 1.56 bits per heavy atom. The standard InChI is InChI=1S/C19H23N3O3/c1-13(15-8-11-17(24-4)18(12-15)25-5)20-21-19(23)14-6-9-16(10-7-14)22(2)3/h6-12H,1-5H3,(H,21,23). The number of amides is 1. The first-order valence-electron chi connectivity index (χ1n) is 7.80. The predicted molar refractivity (Wildman–Crippen MR) is 100.0 cm³/mol. The molecule has 0 unspecified atom stereocenters. The molecule has 0 heterocycles. The lowest BCUT2D eigenvalue weighted by atomic mass is 10.1. The number of ether oxygens (including phenoxy) is 2. The summed E-state index contributed by atoms with van der Waals surface area (Å²) in [6.45, 7) is 1.82. The second kappa shape index (κ2) is 8.19. The van der Waals surface area contributed by atoms with Gasteiger partial charge in [0, 0.05) is 30.9 Å². The van der Waals surface area contributed by atoms with E-state index in [1.165, 1.54) is 0 Å². The Labute approximate surface area is 148 Å². The zero-order chi connectivity index (χ0) is 18.4. The third-order valence-electron chi connectivity index (χ3n) is 3.77. The van der Waals surface area contributed by atoms with E-state index in [4.69, 9.17) is 9.47 Å². The van der Waals surface area contributed by atoms with E-state index < -0.39 is 0 Å². The molecule has 2 aromatic rings. The molecule has 25 heavy (non-hydrogen) atoms. The van der Waals surface area contributed by atoms with Gasteiger partial charge in [0.1, 0.15) is 0 Å². The molecule has 0 saturated carbocycles. The van der Waals surface area contributed by atoms with Crippen LogP contribution in [-0.4, -0.2) is 39.9 Å². The topological polar surface area (TPSA) is 63.2 Å². The second-order valence-corrected chi connectivity index (χ2v) is 5.65. The van der Waals surface area contributed by atoms with E-state index in [1.54, 1.807) is 32.4 Å². The van der Waals surface area contributed by atoms with Crippen molar-refractivity contribution in [3.05, 3.63) is 53.6 Å². The number of nitrogens with zero attached hydrogens (tertiary/aromatic N) is 2. The number of hydrogen-bond donors (Lipinski definition) is 1. The summed E-state index contributed by atoms with van der Waals surface area (Å²) in [4.78, 5) is 14.2. The zero-order valence-corrected chi connectivity index (χ0v) is 15.2. The van der Waals surface area contributed by atoms with Crippen LogP contribution in [0.1, 0.15) is 22.8 Å². The van der Waals surface area contributed by atoms with E-state index in [0.717, 1.165) is 11.3 Å². The van der Waals surface area contributed by atoms with Crippen LogP contribution < -0.4 is 19.8 Å². The van der Waals surface area contributed by atoms with Crippen molar-refractivity contribution >= 4 is 17.3 Å². The van der Waals surface area contributed by atoms with Gasteiger partial charge in [-0.05, 0) is 49.4 Å². The maximum Gasteiger partial charge on any atom is 0.271 e. The summed E-state index contributed by atoms with van der Waals surface area (Å²) in [5.74, 6) is 0.995. The summed E-state index contributed by atoms with van der Waals surface area (Å²) in [7, 11) is 7.06. The largest absolute Gasteiger partial charge is 0.493 e. The summed E-state index contributed by atoms with van der Waals surface area (Å²) in [6, 6.07) is 12.8. The highest BCUT2D eigenvalue weighted by atomic mass is 16.5. The van der Waals surface area contributed by atoms with Gasteiger partial charge in [0.05, 0.1) is 19.9 Å². The van der Waals surface area contributed by atoms with Crippen LogP contribution in [-0.2, 0) is 0 Å². The molecule has 0 aliphatic heterocycles. The van der Waals surface area contributed by atoms with E-state index in [0.29, 0.717) is 22.8 Å². The normalized spacial score (nSPS) is 11.0. The van der Waals surface area contributed by atoms with Crippen molar-refractivity contribution in [1.82, 2.24) is 5.43 Å². The molecule has 0 radical (unpaired) electrons. The number of anilines is 1. The summed E-state index contributed by atoms with van der Waals surface area (Å²) < 4.78 is 10.5. The number of hydrogen-bond acceptors (Lipinski definition) is 5. The molecule has 1 N–H and O–H groups in total. The molecule has 132 valence electrons. The first-order valence-corrected chi connectivity index (χ1v) is 7.80. The van der Waals surface area contributed by atoms with Gasteiger partial charge in [0.15, 0.2) is 11.5 Å². The third kappa shape index (κ3) is 4.50. The predicted octanol–water partition coefficient (Wildman–Crippen LogP) is 2.92. The highest BCUT2D eigenvalue weighted by Gasteiger charge is 2.08. The molecule has 6 nitrogen and oxygen atoms in total. The van der Waals surface area contributed by atoms with E-state index in [-0.39, 0.29) is 5.91 Å². The SMILES string of the molecule is COc1ccc(C(C)=NNC(=O)c2ccc(N(C)C)cc2)cc1OC. The van der Waals surface area contributed by atoms with Crippen molar-refractivity contribution in [2.45, 2.75) is 6.92 Å². The Bertz CT molecular complexity index is 768. The molecule has 2 rings (SSSR count). The Kier molecular flexibility index (Phi) is 6.00. The van der Waals surface area contributed by atoms with Gasteiger partial charge >= 0.3 is 0 Å². The smallest absolute Gasteiger partial charge is 0.271 e. The van der Waals surface area contributed by atoms with Gasteiger partial charge in [-0.3, -0.25) is 4.79 Å². The highest BCUT2D eigenvalue weighted by molar-refractivity contribution is 6.01. The lowest BCUT2D eigenvalue weighted by Gasteiger charge is -2.12. The Morgan fingerprint density at radius 3 is 2.12 bits per heavy atom. The monoisotopic (exact) mass is 341 g/mol.